The molecule has 6 aromatic carbocycles. The first-order chi connectivity index (χ1) is 21.8. The maximum absolute atomic E-state index is 2.85. The molecule has 0 bridgehead atoms. The first-order valence-corrected chi connectivity index (χ1v) is 26.0. The third-order valence-corrected chi connectivity index (χ3v) is 35.6. The molecule has 46 heavy (non-hydrogen) atoms. The van der Waals surface area contributed by atoms with Crippen LogP contribution in [0.15, 0.2) is 177 Å². The molecule has 0 aromatic heterocycles. The van der Waals surface area contributed by atoms with Gasteiger partial charge in [-0.25, -0.2) is 0 Å². The van der Waals surface area contributed by atoms with Crippen molar-refractivity contribution in [2.24, 2.45) is 0 Å². The van der Waals surface area contributed by atoms with Gasteiger partial charge in [-0.3, -0.25) is 0 Å². The molecule has 0 saturated heterocycles. The predicted octanol–water partition coefficient (Wildman–Crippen LogP) is 3.47. The van der Waals surface area contributed by atoms with Crippen LogP contribution in [0.25, 0.3) is 32.7 Å². The van der Waals surface area contributed by atoms with Crippen molar-refractivity contribution in [2.75, 3.05) is 0 Å². The molecule has 0 nitrogen and oxygen atoms in total. The fourth-order valence-corrected chi connectivity index (χ4v) is 36.8. The molecule has 4 heteroatoms. The van der Waals surface area contributed by atoms with E-state index in [1.807, 2.05) is 0 Å². The van der Waals surface area contributed by atoms with Crippen molar-refractivity contribution in [3.8, 4) is 0 Å². The minimum atomic E-state index is -2.85. The second kappa shape index (κ2) is 14.5. The quantitative estimate of drug-likeness (QED) is 0.227. The van der Waals surface area contributed by atoms with Gasteiger partial charge in [0.05, 0.1) is 0 Å². The smallest absolute Gasteiger partial charge is 1.00 e. The molecule has 8 rings (SSSR count). The fraction of sp³-hybridized carbons (Fsp3) is 0.0476. The molecule has 6 aromatic rings. The predicted molar refractivity (Wildman–Crippen MR) is 187 cm³/mol. The van der Waals surface area contributed by atoms with Gasteiger partial charge in [-0.1, -0.05) is 0 Å². The van der Waals surface area contributed by atoms with E-state index in [4.69, 9.17) is 0 Å². The molecule has 0 atom stereocenters. The maximum atomic E-state index is 2.44. The average molecular weight is 814 g/mol. The Balaban J connectivity index is 0.00000186. The molecule has 2 aliphatic rings. The van der Waals surface area contributed by atoms with Crippen LogP contribution in [0.1, 0.15) is 24.0 Å². The molecule has 0 unspecified atom stereocenters. The zero-order valence-electron chi connectivity index (χ0n) is 25.3. The molecule has 0 aliphatic heterocycles. The Bertz CT molecular complexity index is 2050. The topological polar surface area (TPSA) is 0 Å². The molecule has 0 amide bonds. The Labute approximate surface area is 291 Å². The standard InChI is InChI=1S/2C15H11.C12H10Si.2ClH.Hf/c2*1-2-6-12(5-1)15-10-9-13-7-3-4-8-14(13)11-15;1-3-7-11(8-4-1)13-12-9-5-2-6-10-12;;;/h2*1,3-5,7-11H,2H2;1-10H;2*1H;/q;;;;;+2/p-2. The van der Waals surface area contributed by atoms with E-state index in [-0.39, 0.29) is 24.8 Å². The van der Waals surface area contributed by atoms with Crippen molar-refractivity contribution in [3.63, 3.8) is 0 Å². The third kappa shape index (κ3) is 6.24. The molecule has 0 fully saturated rings. The van der Waals surface area contributed by atoms with Gasteiger partial charge < -0.3 is 24.8 Å². The van der Waals surface area contributed by atoms with Gasteiger partial charge >= 0.3 is 269 Å². The van der Waals surface area contributed by atoms with Crippen LogP contribution in [0.5, 0.6) is 0 Å². The summed E-state index contributed by atoms with van der Waals surface area (Å²) in [5, 5.41) is 8.36. The maximum Gasteiger partial charge on any atom is -1.00 e. The van der Waals surface area contributed by atoms with Crippen LogP contribution in [0, 0.1) is 0 Å². The Hall–Kier alpha value is -3.53. The number of halogens is 2. The zero-order valence-corrected chi connectivity index (χ0v) is 31.4. The van der Waals surface area contributed by atoms with E-state index >= 15 is 0 Å². The van der Waals surface area contributed by atoms with E-state index < -0.39 is 25.6 Å². The minimum Gasteiger partial charge on any atom is -1.00 e. The van der Waals surface area contributed by atoms with Gasteiger partial charge in [0, 0.05) is 0 Å². The number of fused-ring (bicyclic) bond motifs is 2. The van der Waals surface area contributed by atoms with Crippen LogP contribution in [0.3, 0.4) is 0 Å². The summed E-state index contributed by atoms with van der Waals surface area (Å²) in [6.45, 7) is 0. The Kier molecular flexibility index (Phi) is 10.2. The summed E-state index contributed by atoms with van der Waals surface area (Å²) in [7, 11) is 0. The van der Waals surface area contributed by atoms with E-state index in [1.165, 1.54) is 43.8 Å². The van der Waals surface area contributed by atoms with Gasteiger partial charge in [-0.2, -0.15) is 0 Å². The molecule has 0 spiro atoms. The average Bonchev–Trinajstić information content (AvgIpc) is 3.78. The summed E-state index contributed by atoms with van der Waals surface area (Å²) in [6.07, 6.45) is 11.9. The molecule has 0 radical (unpaired) electrons. The van der Waals surface area contributed by atoms with Crippen molar-refractivity contribution < 1.29 is 44.9 Å². The molecular formula is C42H32Cl2HfSi. The van der Waals surface area contributed by atoms with Crippen molar-refractivity contribution in [1.29, 1.82) is 0 Å². The minimum absolute atomic E-state index is 0. The summed E-state index contributed by atoms with van der Waals surface area (Å²) in [5.41, 5.74) is 4.67. The van der Waals surface area contributed by atoms with Crippen LogP contribution in [-0.4, -0.2) is 5.49 Å². The first kappa shape index (κ1) is 32.4. The first-order valence-electron chi connectivity index (χ1n) is 15.5. The number of hydrogen-bond acceptors (Lipinski definition) is 0. The Morgan fingerprint density at radius 3 is 1.24 bits per heavy atom. The van der Waals surface area contributed by atoms with Crippen LogP contribution in [-0.2, 0) is 20.1 Å². The van der Waals surface area contributed by atoms with E-state index in [2.05, 4.69) is 170 Å². The van der Waals surface area contributed by atoms with Crippen molar-refractivity contribution in [1.82, 2.24) is 0 Å². The summed E-state index contributed by atoms with van der Waals surface area (Å²) in [5.74, 6) is 0. The van der Waals surface area contributed by atoms with Gasteiger partial charge in [0.2, 0.25) is 0 Å². The van der Waals surface area contributed by atoms with Crippen molar-refractivity contribution in [3.05, 3.63) is 188 Å². The van der Waals surface area contributed by atoms with Gasteiger partial charge in [0.15, 0.2) is 0 Å². The van der Waals surface area contributed by atoms with Gasteiger partial charge in [0.25, 0.3) is 0 Å². The van der Waals surface area contributed by atoms with E-state index in [0.717, 1.165) is 12.8 Å². The van der Waals surface area contributed by atoms with Gasteiger partial charge in [-0.15, -0.1) is 0 Å². The molecule has 0 N–H and O–H groups in total. The monoisotopic (exact) mass is 814 g/mol. The summed E-state index contributed by atoms with van der Waals surface area (Å²) >= 11 is -2.85. The Morgan fingerprint density at radius 2 is 0.804 bits per heavy atom. The zero-order chi connectivity index (χ0) is 29.3. The Morgan fingerprint density at radius 1 is 0.413 bits per heavy atom. The largest absolute Gasteiger partial charge is 1.00 e. The van der Waals surface area contributed by atoms with Crippen molar-refractivity contribution >= 4 is 48.6 Å². The summed E-state index contributed by atoms with van der Waals surface area (Å²) in [6, 6.07) is 54.8. The van der Waals surface area contributed by atoms with Crippen LogP contribution in [0.2, 0.25) is 0 Å². The molecule has 222 valence electrons. The van der Waals surface area contributed by atoms with E-state index in [9.17, 15) is 0 Å². The third-order valence-electron chi connectivity index (χ3n) is 8.96. The second-order valence-electron chi connectivity index (χ2n) is 11.6. The number of rotatable bonds is 6. The van der Waals surface area contributed by atoms with Crippen molar-refractivity contribution in [2.45, 2.75) is 12.8 Å². The number of hydrogen-bond donors (Lipinski definition) is 0. The number of benzene rings is 6. The van der Waals surface area contributed by atoms with Gasteiger partial charge in [-0.05, 0) is 0 Å². The SMILES string of the molecule is C1=CC(c2ccc3ccccc3c2)=[C]([Hf+2]([C]2=C(c3ccc4ccccc4c3)C=CC2)=[Si](c2ccccc2)c2ccccc2)C1.[Cl-].[Cl-]. The van der Waals surface area contributed by atoms with Gasteiger partial charge in [0.1, 0.15) is 0 Å². The summed E-state index contributed by atoms with van der Waals surface area (Å²) < 4.78 is 3.53. The normalized spacial score (nSPS) is 13.5. The molecule has 0 saturated carbocycles. The van der Waals surface area contributed by atoms with Crippen LogP contribution < -0.4 is 35.2 Å². The van der Waals surface area contributed by atoms with E-state index in [1.54, 1.807) is 17.0 Å². The van der Waals surface area contributed by atoms with E-state index in [0.29, 0.717) is 0 Å². The van der Waals surface area contributed by atoms with Crippen LogP contribution >= 0.6 is 0 Å². The molecule has 0 heterocycles. The second-order valence-corrected chi connectivity index (χ2v) is 30.0. The van der Waals surface area contributed by atoms with Crippen LogP contribution in [0.4, 0.5) is 0 Å². The number of allylic oxidation sites excluding steroid dienone is 8. The summed E-state index contributed by atoms with van der Waals surface area (Å²) in [4.78, 5) is 0. The fourth-order valence-electron chi connectivity index (χ4n) is 6.89. The molecule has 2 aliphatic carbocycles. The molecular weight excluding hydrogens is 782 g/mol.